The maximum Gasteiger partial charge on any atom is 0.100 e. The number of hydrogen-bond donors (Lipinski definition) is 1. The van der Waals surface area contributed by atoms with Gasteiger partial charge in [0, 0.05) is 26.2 Å². The standard InChI is InChI=1S/C12H18N4O/c1-14-6-8-15(9-7-14)10-16-12-5-3-2-4-11(12)13-17-16/h2-5,13H,6-10H2,1H3. The van der Waals surface area contributed by atoms with Crippen molar-refractivity contribution in [2.75, 3.05) is 50.4 Å². The van der Waals surface area contributed by atoms with Gasteiger partial charge in [-0.2, -0.15) is 4.94 Å². The molecule has 1 saturated heterocycles. The Morgan fingerprint density at radius 1 is 1.18 bits per heavy atom. The van der Waals surface area contributed by atoms with Gasteiger partial charge in [-0.1, -0.05) is 12.1 Å². The number of piperazine rings is 1. The number of benzene rings is 1. The molecule has 0 unspecified atom stereocenters. The number of nitrogens with one attached hydrogen (secondary N) is 1. The fourth-order valence-corrected chi connectivity index (χ4v) is 2.21. The van der Waals surface area contributed by atoms with Crippen molar-refractivity contribution >= 4 is 11.4 Å². The molecule has 0 amide bonds. The Hall–Kier alpha value is -1.30. The summed E-state index contributed by atoms with van der Waals surface area (Å²) in [6.07, 6.45) is 0. The Balaban J connectivity index is 1.64. The van der Waals surface area contributed by atoms with Crippen LogP contribution in [0.15, 0.2) is 24.3 Å². The third kappa shape index (κ3) is 2.22. The molecule has 5 heteroatoms. The molecule has 2 heterocycles. The summed E-state index contributed by atoms with van der Waals surface area (Å²) in [4.78, 5) is 10.2. The van der Waals surface area contributed by atoms with E-state index in [1.54, 1.807) is 0 Å². The molecular formula is C12H18N4O. The van der Waals surface area contributed by atoms with Crippen molar-refractivity contribution in [3.63, 3.8) is 0 Å². The summed E-state index contributed by atoms with van der Waals surface area (Å²) >= 11 is 0. The molecule has 1 aromatic rings. The first-order chi connectivity index (χ1) is 8.33. The highest BCUT2D eigenvalue weighted by molar-refractivity contribution is 5.70. The Morgan fingerprint density at radius 3 is 2.76 bits per heavy atom. The average Bonchev–Trinajstić information content (AvgIpc) is 2.76. The lowest BCUT2D eigenvalue weighted by atomic mass is 10.3. The van der Waals surface area contributed by atoms with E-state index in [0.29, 0.717) is 0 Å². The monoisotopic (exact) mass is 234 g/mol. The zero-order valence-corrected chi connectivity index (χ0v) is 10.1. The Labute approximate surface area is 101 Å². The van der Waals surface area contributed by atoms with E-state index in [4.69, 9.17) is 4.94 Å². The number of fused-ring (bicyclic) bond motifs is 1. The summed E-state index contributed by atoms with van der Waals surface area (Å²) in [6, 6.07) is 8.14. The van der Waals surface area contributed by atoms with Gasteiger partial charge in [0.05, 0.1) is 11.4 Å². The average molecular weight is 234 g/mol. The van der Waals surface area contributed by atoms with Gasteiger partial charge in [0.2, 0.25) is 0 Å². The molecule has 92 valence electrons. The molecule has 0 aromatic heterocycles. The van der Waals surface area contributed by atoms with Crippen LogP contribution in [0.4, 0.5) is 11.4 Å². The maximum atomic E-state index is 5.48. The van der Waals surface area contributed by atoms with Crippen LogP contribution >= 0.6 is 0 Å². The predicted molar refractivity (Wildman–Crippen MR) is 67.6 cm³/mol. The maximum absolute atomic E-state index is 5.48. The first kappa shape index (κ1) is 10.8. The van der Waals surface area contributed by atoms with Crippen molar-refractivity contribution in [2.24, 2.45) is 0 Å². The Bertz CT molecular complexity index is 390. The van der Waals surface area contributed by atoms with Gasteiger partial charge in [-0.05, 0) is 19.2 Å². The van der Waals surface area contributed by atoms with Gasteiger partial charge in [-0.3, -0.25) is 4.90 Å². The molecule has 0 bridgehead atoms. The largest absolute Gasteiger partial charge is 0.304 e. The highest BCUT2D eigenvalue weighted by atomic mass is 16.8. The van der Waals surface area contributed by atoms with E-state index in [1.807, 2.05) is 23.3 Å². The van der Waals surface area contributed by atoms with Crippen molar-refractivity contribution in [1.29, 1.82) is 0 Å². The SMILES string of the molecule is CN1CCN(CN2ONc3ccccc32)CC1. The van der Waals surface area contributed by atoms with Crippen LogP contribution in [0.3, 0.4) is 0 Å². The summed E-state index contributed by atoms with van der Waals surface area (Å²) in [5, 5.41) is 1.92. The van der Waals surface area contributed by atoms with E-state index >= 15 is 0 Å². The second-order valence-corrected chi connectivity index (χ2v) is 4.65. The molecule has 0 saturated carbocycles. The van der Waals surface area contributed by atoms with E-state index in [-0.39, 0.29) is 0 Å². The van der Waals surface area contributed by atoms with Crippen molar-refractivity contribution in [2.45, 2.75) is 0 Å². The molecule has 0 atom stereocenters. The van der Waals surface area contributed by atoms with Crippen molar-refractivity contribution in [3.8, 4) is 0 Å². The van der Waals surface area contributed by atoms with Crippen LogP contribution in [0, 0.1) is 0 Å². The van der Waals surface area contributed by atoms with Gasteiger partial charge in [0.25, 0.3) is 0 Å². The van der Waals surface area contributed by atoms with Gasteiger partial charge >= 0.3 is 0 Å². The molecule has 1 fully saturated rings. The predicted octanol–water partition coefficient (Wildman–Crippen LogP) is 0.970. The van der Waals surface area contributed by atoms with Crippen LogP contribution in [0.1, 0.15) is 0 Å². The minimum atomic E-state index is 0.817. The molecule has 3 rings (SSSR count). The zero-order chi connectivity index (χ0) is 11.7. The zero-order valence-electron chi connectivity index (χ0n) is 10.1. The lowest BCUT2D eigenvalue weighted by Crippen LogP contribution is -2.48. The summed E-state index contributed by atoms with van der Waals surface area (Å²) in [5.74, 6) is 0. The smallest absolute Gasteiger partial charge is 0.100 e. The minimum absolute atomic E-state index is 0.817. The van der Waals surface area contributed by atoms with Crippen LogP contribution in [0.2, 0.25) is 0 Å². The van der Waals surface area contributed by atoms with Gasteiger partial charge in [0.15, 0.2) is 0 Å². The summed E-state index contributed by atoms with van der Waals surface area (Å²) < 4.78 is 0. The number of nitrogens with zero attached hydrogens (tertiary/aromatic N) is 3. The van der Waals surface area contributed by atoms with E-state index < -0.39 is 0 Å². The van der Waals surface area contributed by atoms with Gasteiger partial charge in [-0.15, -0.1) is 0 Å². The molecule has 0 aliphatic carbocycles. The summed E-state index contributed by atoms with van der Waals surface area (Å²) in [7, 11) is 2.17. The van der Waals surface area contributed by atoms with Crippen molar-refractivity contribution in [1.82, 2.24) is 9.80 Å². The van der Waals surface area contributed by atoms with Crippen LogP contribution < -0.4 is 10.5 Å². The molecule has 0 radical (unpaired) electrons. The van der Waals surface area contributed by atoms with Crippen LogP contribution in [0.5, 0.6) is 0 Å². The second kappa shape index (κ2) is 4.52. The van der Waals surface area contributed by atoms with Crippen molar-refractivity contribution in [3.05, 3.63) is 24.3 Å². The molecule has 2 aliphatic heterocycles. The van der Waals surface area contributed by atoms with Gasteiger partial charge < -0.3 is 4.90 Å². The second-order valence-electron chi connectivity index (χ2n) is 4.65. The third-order valence-electron chi connectivity index (χ3n) is 3.36. The van der Waals surface area contributed by atoms with E-state index in [9.17, 15) is 0 Å². The first-order valence-corrected chi connectivity index (χ1v) is 6.03. The highest BCUT2D eigenvalue weighted by Crippen LogP contribution is 2.31. The van der Waals surface area contributed by atoms with E-state index in [2.05, 4.69) is 28.4 Å². The highest BCUT2D eigenvalue weighted by Gasteiger charge is 2.23. The molecule has 1 aromatic carbocycles. The van der Waals surface area contributed by atoms with Gasteiger partial charge in [-0.25, -0.2) is 10.5 Å². The van der Waals surface area contributed by atoms with E-state index in [1.165, 1.54) is 0 Å². The quantitative estimate of drug-likeness (QED) is 0.824. The van der Waals surface area contributed by atoms with Crippen LogP contribution in [-0.2, 0) is 4.94 Å². The van der Waals surface area contributed by atoms with Gasteiger partial charge in [0.1, 0.15) is 6.67 Å². The minimum Gasteiger partial charge on any atom is -0.304 e. The molecule has 0 spiro atoms. The Morgan fingerprint density at radius 2 is 1.94 bits per heavy atom. The number of para-hydroxylation sites is 2. The van der Waals surface area contributed by atoms with Crippen LogP contribution in [0.25, 0.3) is 0 Å². The lowest BCUT2D eigenvalue weighted by Gasteiger charge is -2.34. The van der Waals surface area contributed by atoms with E-state index in [0.717, 1.165) is 44.2 Å². The summed E-state index contributed by atoms with van der Waals surface area (Å²) in [6.45, 7) is 5.26. The molecule has 5 nitrogen and oxygen atoms in total. The molecule has 1 N–H and O–H groups in total. The fourth-order valence-electron chi connectivity index (χ4n) is 2.21. The Kier molecular flexibility index (Phi) is 2.88. The number of rotatable bonds is 2. The number of hydroxylamine groups is 1. The molecule has 2 aliphatic rings. The fraction of sp³-hybridized carbons (Fsp3) is 0.500. The third-order valence-corrected chi connectivity index (χ3v) is 3.36. The van der Waals surface area contributed by atoms with Crippen LogP contribution in [-0.4, -0.2) is 49.7 Å². The normalized spacial score (nSPS) is 21.4. The number of likely N-dealkylation sites (N-methyl/N-ethyl adjacent to an activating group) is 1. The molecular weight excluding hydrogens is 216 g/mol. The molecule has 17 heavy (non-hydrogen) atoms. The number of anilines is 2. The first-order valence-electron chi connectivity index (χ1n) is 6.03. The summed E-state index contributed by atoms with van der Waals surface area (Å²) in [5.41, 5.74) is 5.10. The lowest BCUT2D eigenvalue weighted by molar-refractivity contribution is 0.0935. The topological polar surface area (TPSA) is 31.0 Å². The number of hydrogen-bond acceptors (Lipinski definition) is 5. The van der Waals surface area contributed by atoms with Crippen molar-refractivity contribution < 1.29 is 4.94 Å².